The molecule has 0 aromatic heterocycles. The van der Waals surface area contributed by atoms with Gasteiger partial charge in [-0.05, 0) is 12.5 Å². The molecule has 0 aliphatic rings. The number of carboxylic acid groups (broad SMARTS) is 1. The molecule has 1 atom stereocenters. The second-order valence-electron chi connectivity index (χ2n) is 4.17. The highest BCUT2D eigenvalue weighted by molar-refractivity contribution is 7.89. The zero-order valence-electron chi connectivity index (χ0n) is 10.9. The van der Waals surface area contributed by atoms with E-state index in [0.29, 0.717) is 6.07 Å². The molecule has 8 nitrogen and oxygen atoms in total. The van der Waals surface area contributed by atoms with Crippen molar-refractivity contribution in [1.82, 2.24) is 4.72 Å². The molecule has 0 fully saturated rings. The number of hydrogen-bond donors (Lipinski definition) is 2. The van der Waals surface area contributed by atoms with Gasteiger partial charge in [0.1, 0.15) is 0 Å². The van der Waals surface area contributed by atoms with Crippen LogP contribution in [0.5, 0.6) is 0 Å². The molecular formula is C11H13FN2O6S. The fraction of sp³-hybridized carbons (Fsp3) is 0.364. The number of carbonyl (C=O) groups is 1. The summed E-state index contributed by atoms with van der Waals surface area (Å²) < 4.78 is 39.2. The van der Waals surface area contributed by atoms with E-state index in [2.05, 4.69) is 0 Å². The molecule has 0 aliphatic carbocycles. The number of nitro benzene ring substituents is 1. The van der Waals surface area contributed by atoms with E-state index in [9.17, 15) is 27.7 Å². The molecule has 0 bridgehead atoms. The van der Waals surface area contributed by atoms with Gasteiger partial charge in [-0.3, -0.25) is 14.9 Å². The van der Waals surface area contributed by atoms with Gasteiger partial charge in [-0.25, -0.2) is 13.1 Å². The smallest absolute Gasteiger partial charge is 0.307 e. The number of benzene rings is 1. The summed E-state index contributed by atoms with van der Waals surface area (Å²) in [5, 5.41) is 19.3. The Bertz CT molecular complexity index is 661. The molecule has 1 unspecified atom stereocenters. The van der Waals surface area contributed by atoms with E-state index in [1.807, 2.05) is 4.72 Å². The summed E-state index contributed by atoms with van der Waals surface area (Å²) in [5.74, 6) is -3.36. The van der Waals surface area contributed by atoms with E-state index in [-0.39, 0.29) is 13.0 Å². The Balaban J connectivity index is 2.96. The summed E-state index contributed by atoms with van der Waals surface area (Å²) in [6, 6.07) is 2.13. The first kappa shape index (κ1) is 17.0. The third kappa shape index (κ3) is 4.20. The van der Waals surface area contributed by atoms with Crippen LogP contribution in [0.4, 0.5) is 10.1 Å². The number of nitrogens with one attached hydrogen (secondary N) is 1. The van der Waals surface area contributed by atoms with E-state index in [4.69, 9.17) is 5.11 Å². The normalized spacial score (nSPS) is 12.9. The molecule has 2 N–H and O–H groups in total. The maximum absolute atomic E-state index is 13.4. The predicted octanol–water partition coefficient (Wildman–Crippen LogP) is 1.12. The Morgan fingerprint density at radius 3 is 2.57 bits per heavy atom. The van der Waals surface area contributed by atoms with Crippen LogP contribution >= 0.6 is 0 Å². The quantitative estimate of drug-likeness (QED) is 0.572. The lowest BCUT2D eigenvalue weighted by molar-refractivity contribution is -0.387. The van der Waals surface area contributed by atoms with Crippen LogP contribution < -0.4 is 4.72 Å². The predicted molar refractivity (Wildman–Crippen MR) is 69.7 cm³/mol. The van der Waals surface area contributed by atoms with Gasteiger partial charge in [0.2, 0.25) is 15.8 Å². The summed E-state index contributed by atoms with van der Waals surface area (Å²) in [6.45, 7) is 1.23. The molecule has 21 heavy (non-hydrogen) atoms. The molecule has 0 saturated carbocycles. The van der Waals surface area contributed by atoms with Gasteiger partial charge in [0.15, 0.2) is 0 Å². The highest BCUT2D eigenvalue weighted by atomic mass is 32.2. The van der Waals surface area contributed by atoms with Gasteiger partial charge in [-0.15, -0.1) is 0 Å². The summed E-state index contributed by atoms with van der Waals surface area (Å²) in [5.41, 5.74) is -0.842. The standard InChI is InChI=1S/C11H13FN2O6S/c1-2-7(11(15)16)6-13-21(19,20)8-3-4-10(14(17)18)9(12)5-8/h3-5,7,13H,2,6H2,1H3,(H,15,16). The van der Waals surface area contributed by atoms with Crippen LogP contribution in [0, 0.1) is 21.8 Å². The first-order valence-electron chi connectivity index (χ1n) is 5.85. The van der Waals surface area contributed by atoms with E-state index >= 15 is 0 Å². The van der Waals surface area contributed by atoms with Crippen molar-refractivity contribution in [3.63, 3.8) is 0 Å². The topological polar surface area (TPSA) is 127 Å². The number of rotatable bonds is 7. The third-order valence-electron chi connectivity index (χ3n) is 2.79. The summed E-state index contributed by atoms with van der Waals surface area (Å²) in [7, 11) is -4.14. The molecule has 1 rings (SSSR count). The highest BCUT2D eigenvalue weighted by Gasteiger charge is 2.23. The van der Waals surface area contributed by atoms with E-state index in [0.717, 1.165) is 12.1 Å². The number of halogens is 1. The maximum atomic E-state index is 13.4. The van der Waals surface area contributed by atoms with Gasteiger partial charge < -0.3 is 5.11 Å². The fourth-order valence-corrected chi connectivity index (χ4v) is 2.60. The van der Waals surface area contributed by atoms with Crippen LogP contribution in [-0.2, 0) is 14.8 Å². The Morgan fingerprint density at radius 2 is 2.14 bits per heavy atom. The van der Waals surface area contributed by atoms with E-state index in [1.165, 1.54) is 0 Å². The maximum Gasteiger partial charge on any atom is 0.307 e. The molecule has 1 aromatic rings. The van der Waals surface area contributed by atoms with Crippen molar-refractivity contribution in [2.45, 2.75) is 18.2 Å². The molecule has 0 saturated heterocycles. The lowest BCUT2D eigenvalue weighted by atomic mass is 10.1. The zero-order chi connectivity index (χ0) is 16.2. The van der Waals surface area contributed by atoms with Crippen LogP contribution in [-0.4, -0.2) is 31.0 Å². The number of carboxylic acids is 1. The van der Waals surface area contributed by atoms with Gasteiger partial charge in [-0.1, -0.05) is 6.92 Å². The van der Waals surface area contributed by atoms with E-state index in [1.54, 1.807) is 6.92 Å². The Hall–Kier alpha value is -2.07. The van der Waals surface area contributed by atoms with Gasteiger partial charge in [-0.2, -0.15) is 4.39 Å². The molecule has 0 aliphatic heterocycles. The Labute approximate surface area is 119 Å². The Kier molecular flexibility index (Phi) is 5.33. The summed E-state index contributed by atoms with van der Waals surface area (Å²) in [4.78, 5) is 19.8. The van der Waals surface area contributed by atoms with E-state index < -0.39 is 43.2 Å². The van der Waals surface area contributed by atoms with Gasteiger partial charge in [0.05, 0.1) is 15.7 Å². The van der Waals surface area contributed by atoms with Gasteiger partial charge >= 0.3 is 11.7 Å². The number of hydrogen-bond acceptors (Lipinski definition) is 5. The minimum Gasteiger partial charge on any atom is -0.481 e. The van der Waals surface area contributed by atoms with Gasteiger partial charge in [0, 0.05) is 18.7 Å². The van der Waals surface area contributed by atoms with Crippen LogP contribution in [0.25, 0.3) is 0 Å². The van der Waals surface area contributed by atoms with Gasteiger partial charge in [0.25, 0.3) is 0 Å². The van der Waals surface area contributed by atoms with Crippen LogP contribution in [0.1, 0.15) is 13.3 Å². The largest absolute Gasteiger partial charge is 0.481 e. The van der Waals surface area contributed by atoms with Crippen molar-refractivity contribution < 1.29 is 27.6 Å². The first-order chi connectivity index (χ1) is 9.69. The summed E-state index contributed by atoms with van der Waals surface area (Å²) >= 11 is 0. The van der Waals surface area contributed by atoms with Crippen molar-refractivity contribution in [3.8, 4) is 0 Å². The molecule has 0 spiro atoms. The van der Waals surface area contributed by atoms with Crippen molar-refractivity contribution in [3.05, 3.63) is 34.1 Å². The second kappa shape index (κ2) is 6.59. The van der Waals surface area contributed by atoms with Crippen molar-refractivity contribution in [2.24, 2.45) is 5.92 Å². The SMILES string of the molecule is CCC(CNS(=O)(=O)c1ccc([N+](=O)[O-])c(F)c1)C(=O)O. The molecule has 0 amide bonds. The first-order valence-corrected chi connectivity index (χ1v) is 7.33. The molecule has 0 heterocycles. The van der Waals surface area contributed by atoms with Crippen molar-refractivity contribution in [1.29, 1.82) is 0 Å². The van der Waals surface area contributed by atoms with Crippen LogP contribution in [0.2, 0.25) is 0 Å². The zero-order valence-corrected chi connectivity index (χ0v) is 11.8. The lowest BCUT2D eigenvalue weighted by Gasteiger charge is -2.11. The molecule has 10 heteroatoms. The number of sulfonamides is 1. The van der Waals surface area contributed by atoms with Crippen molar-refractivity contribution >= 4 is 21.7 Å². The average molecular weight is 320 g/mol. The lowest BCUT2D eigenvalue weighted by Crippen LogP contribution is -2.32. The monoisotopic (exact) mass is 320 g/mol. The average Bonchev–Trinajstić information content (AvgIpc) is 2.38. The fourth-order valence-electron chi connectivity index (χ4n) is 1.50. The molecular weight excluding hydrogens is 307 g/mol. The molecule has 116 valence electrons. The Morgan fingerprint density at radius 1 is 1.52 bits per heavy atom. The second-order valence-corrected chi connectivity index (χ2v) is 5.93. The minimum absolute atomic E-state index is 0.215. The van der Waals surface area contributed by atoms with Crippen LogP contribution in [0.15, 0.2) is 23.1 Å². The molecule has 1 aromatic carbocycles. The van der Waals surface area contributed by atoms with Crippen LogP contribution in [0.3, 0.4) is 0 Å². The number of nitrogens with zero attached hydrogens (tertiary/aromatic N) is 1. The molecule has 0 radical (unpaired) electrons. The summed E-state index contributed by atoms with van der Waals surface area (Å²) in [6.07, 6.45) is 0.215. The number of nitro groups is 1. The number of aliphatic carboxylic acids is 1. The highest BCUT2D eigenvalue weighted by Crippen LogP contribution is 2.20. The minimum atomic E-state index is -4.14. The third-order valence-corrected chi connectivity index (χ3v) is 4.21. The van der Waals surface area contributed by atoms with Crippen molar-refractivity contribution in [2.75, 3.05) is 6.54 Å².